The van der Waals surface area contributed by atoms with Gasteiger partial charge in [-0.2, -0.15) is 4.98 Å². The maximum absolute atomic E-state index is 11.9. The number of carbonyl (C=O) groups excluding carboxylic acids is 1. The van der Waals surface area contributed by atoms with Gasteiger partial charge in [0.25, 0.3) is 5.91 Å². The summed E-state index contributed by atoms with van der Waals surface area (Å²) in [6.07, 6.45) is 0. The lowest BCUT2D eigenvalue weighted by atomic mass is 10.1. The molecule has 0 fully saturated rings. The van der Waals surface area contributed by atoms with E-state index in [0.717, 1.165) is 5.56 Å². The van der Waals surface area contributed by atoms with Crippen molar-refractivity contribution in [2.24, 2.45) is 0 Å². The Morgan fingerprint density at radius 1 is 1.44 bits per heavy atom. The molecule has 6 heteroatoms. The van der Waals surface area contributed by atoms with E-state index < -0.39 is 0 Å². The van der Waals surface area contributed by atoms with Gasteiger partial charge >= 0.3 is 0 Å². The highest BCUT2D eigenvalue weighted by atomic mass is 16.5. The predicted molar refractivity (Wildman–Crippen MR) is 65.8 cm³/mol. The largest absolute Gasteiger partial charge is 0.399 e. The highest BCUT2D eigenvalue weighted by Gasteiger charge is 2.10. The van der Waals surface area contributed by atoms with Crippen molar-refractivity contribution in [3.05, 3.63) is 41.0 Å². The molecule has 0 spiro atoms. The lowest BCUT2D eigenvalue weighted by molar-refractivity contribution is 0.0949. The fourth-order valence-corrected chi connectivity index (χ4v) is 1.61. The van der Waals surface area contributed by atoms with Crippen LogP contribution in [0.15, 0.2) is 22.7 Å². The molecule has 2 aromatic rings. The van der Waals surface area contributed by atoms with E-state index in [4.69, 9.17) is 10.3 Å². The van der Waals surface area contributed by atoms with Gasteiger partial charge in [-0.25, -0.2) is 0 Å². The Morgan fingerprint density at radius 2 is 2.22 bits per heavy atom. The first kappa shape index (κ1) is 12.1. The molecule has 0 bridgehead atoms. The minimum atomic E-state index is -0.185. The smallest absolute Gasteiger partial charge is 0.251 e. The fraction of sp³-hybridized carbons (Fsp3) is 0.250. The summed E-state index contributed by atoms with van der Waals surface area (Å²) < 4.78 is 4.81. The van der Waals surface area contributed by atoms with Crippen LogP contribution in [0.25, 0.3) is 0 Å². The van der Waals surface area contributed by atoms with Gasteiger partial charge in [-0.3, -0.25) is 4.79 Å². The summed E-state index contributed by atoms with van der Waals surface area (Å²) in [6.45, 7) is 3.77. The molecular formula is C12H14N4O2. The molecule has 6 nitrogen and oxygen atoms in total. The monoisotopic (exact) mass is 246 g/mol. The van der Waals surface area contributed by atoms with E-state index in [0.29, 0.717) is 23.0 Å². The Hall–Kier alpha value is -2.37. The molecule has 0 atom stereocenters. The standard InChI is InChI=1S/C12H14N4O2/c1-7-5-9(13)3-4-10(7)12(17)14-6-11-15-8(2)18-16-11/h3-5H,6,13H2,1-2H3,(H,14,17). The molecule has 94 valence electrons. The zero-order chi connectivity index (χ0) is 13.1. The first-order chi connectivity index (χ1) is 8.56. The number of nitrogens with two attached hydrogens (primary N) is 1. The van der Waals surface area contributed by atoms with Crippen LogP contribution in [0.4, 0.5) is 5.69 Å². The van der Waals surface area contributed by atoms with Crippen molar-refractivity contribution in [1.82, 2.24) is 15.5 Å². The van der Waals surface area contributed by atoms with Crippen molar-refractivity contribution in [1.29, 1.82) is 0 Å². The number of rotatable bonds is 3. The lowest BCUT2D eigenvalue weighted by Gasteiger charge is -2.06. The van der Waals surface area contributed by atoms with Crippen LogP contribution >= 0.6 is 0 Å². The minimum absolute atomic E-state index is 0.185. The van der Waals surface area contributed by atoms with E-state index >= 15 is 0 Å². The normalized spacial score (nSPS) is 10.3. The van der Waals surface area contributed by atoms with Gasteiger partial charge in [0.2, 0.25) is 5.89 Å². The van der Waals surface area contributed by atoms with Gasteiger partial charge in [-0.15, -0.1) is 0 Å². The highest BCUT2D eigenvalue weighted by Crippen LogP contribution is 2.12. The van der Waals surface area contributed by atoms with Crippen molar-refractivity contribution in [2.45, 2.75) is 20.4 Å². The third-order valence-corrected chi connectivity index (χ3v) is 2.47. The van der Waals surface area contributed by atoms with E-state index in [-0.39, 0.29) is 12.5 Å². The molecule has 1 amide bonds. The number of nitrogens with zero attached hydrogens (tertiary/aromatic N) is 2. The first-order valence-electron chi connectivity index (χ1n) is 5.50. The second-order valence-electron chi connectivity index (χ2n) is 3.99. The van der Waals surface area contributed by atoms with E-state index in [1.807, 2.05) is 6.92 Å². The van der Waals surface area contributed by atoms with E-state index in [2.05, 4.69) is 15.5 Å². The van der Waals surface area contributed by atoms with Gasteiger partial charge in [0.15, 0.2) is 5.82 Å². The molecule has 1 aromatic carbocycles. The van der Waals surface area contributed by atoms with Crippen molar-refractivity contribution in [3.8, 4) is 0 Å². The Labute approximate surface area is 104 Å². The lowest BCUT2D eigenvalue weighted by Crippen LogP contribution is -2.24. The summed E-state index contributed by atoms with van der Waals surface area (Å²) in [5.74, 6) is 0.742. The first-order valence-corrected chi connectivity index (χ1v) is 5.50. The Balaban J connectivity index is 2.03. The van der Waals surface area contributed by atoms with Crippen molar-refractivity contribution < 1.29 is 9.32 Å². The SMILES string of the molecule is Cc1nc(CNC(=O)c2ccc(N)cc2C)no1. The number of hydrogen-bond donors (Lipinski definition) is 2. The summed E-state index contributed by atoms with van der Waals surface area (Å²) >= 11 is 0. The predicted octanol–water partition coefficient (Wildman–Crippen LogP) is 1.20. The summed E-state index contributed by atoms with van der Waals surface area (Å²) in [5, 5.41) is 6.42. The van der Waals surface area contributed by atoms with Crippen LogP contribution in [0.5, 0.6) is 0 Å². The average Bonchev–Trinajstić information content (AvgIpc) is 2.72. The quantitative estimate of drug-likeness (QED) is 0.793. The summed E-state index contributed by atoms with van der Waals surface area (Å²) in [4.78, 5) is 15.9. The molecule has 0 aliphatic rings. The number of aryl methyl sites for hydroxylation is 2. The summed E-state index contributed by atoms with van der Waals surface area (Å²) in [7, 11) is 0. The maximum atomic E-state index is 11.9. The second-order valence-corrected chi connectivity index (χ2v) is 3.99. The number of aromatic nitrogens is 2. The van der Waals surface area contributed by atoms with Crippen molar-refractivity contribution in [3.63, 3.8) is 0 Å². The number of nitrogens with one attached hydrogen (secondary N) is 1. The summed E-state index contributed by atoms with van der Waals surface area (Å²) in [5.41, 5.74) is 7.69. The average molecular weight is 246 g/mol. The van der Waals surface area contributed by atoms with Gasteiger partial charge in [-0.05, 0) is 30.7 Å². The Morgan fingerprint density at radius 3 is 2.83 bits per heavy atom. The zero-order valence-corrected chi connectivity index (χ0v) is 10.2. The number of amides is 1. The van der Waals surface area contributed by atoms with Crippen LogP contribution in [0, 0.1) is 13.8 Å². The zero-order valence-electron chi connectivity index (χ0n) is 10.2. The van der Waals surface area contributed by atoms with Crippen molar-refractivity contribution >= 4 is 11.6 Å². The molecule has 0 radical (unpaired) electrons. The van der Waals surface area contributed by atoms with Gasteiger partial charge < -0.3 is 15.6 Å². The highest BCUT2D eigenvalue weighted by molar-refractivity contribution is 5.95. The van der Waals surface area contributed by atoms with E-state index in [1.54, 1.807) is 25.1 Å². The van der Waals surface area contributed by atoms with Crippen molar-refractivity contribution in [2.75, 3.05) is 5.73 Å². The van der Waals surface area contributed by atoms with Crippen LogP contribution in [0.1, 0.15) is 27.6 Å². The number of nitrogen functional groups attached to an aromatic ring is 1. The molecule has 0 aliphatic carbocycles. The van der Waals surface area contributed by atoms with E-state index in [9.17, 15) is 4.79 Å². The van der Waals surface area contributed by atoms with E-state index in [1.165, 1.54) is 0 Å². The van der Waals surface area contributed by atoms with Gasteiger partial charge in [0.05, 0.1) is 6.54 Å². The number of carbonyl (C=O) groups is 1. The van der Waals surface area contributed by atoms with Crippen LogP contribution in [-0.4, -0.2) is 16.0 Å². The maximum Gasteiger partial charge on any atom is 0.251 e. The van der Waals surface area contributed by atoms with Crippen LogP contribution in [0.2, 0.25) is 0 Å². The van der Waals surface area contributed by atoms with Gasteiger partial charge in [-0.1, -0.05) is 5.16 Å². The summed E-state index contributed by atoms with van der Waals surface area (Å²) in [6, 6.07) is 5.15. The molecule has 2 rings (SSSR count). The molecule has 18 heavy (non-hydrogen) atoms. The molecule has 3 N–H and O–H groups in total. The van der Waals surface area contributed by atoms with Gasteiger partial charge in [0, 0.05) is 18.2 Å². The van der Waals surface area contributed by atoms with Gasteiger partial charge in [0.1, 0.15) is 0 Å². The molecule has 0 aliphatic heterocycles. The fourth-order valence-electron chi connectivity index (χ4n) is 1.61. The van der Waals surface area contributed by atoms with Crippen LogP contribution in [-0.2, 0) is 6.54 Å². The molecule has 1 aromatic heterocycles. The number of benzene rings is 1. The molecule has 0 saturated heterocycles. The number of hydrogen-bond acceptors (Lipinski definition) is 5. The molecule has 0 saturated carbocycles. The topological polar surface area (TPSA) is 94.0 Å². The van der Waals surface area contributed by atoms with Crippen LogP contribution in [0.3, 0.4) is 0 Å². The minimum Gasteiger partial charge on any atom is -0.399 e. The Bertz CT molecular complexity index is 577. The number of anilines is 1. The van der Waals surface area contributed by atoms with Crippen LogP contribution < -0.4 is 11.1 Å². The third-order valence-electron chi connectivity index (χ3n) is 2.47. The molecular weight excluding hydrogens is 232 g/mol. The Kier molecular flexibility index (Phi) is 3.27. The molecule has 1 heterocycles. The molecule has 0 unspecified atom stereocenters. The second kappa shape index (κ2) is 4.87. The third kappa shape index (κ3) is 2.65.